The van der Waals surface area contributed by atoms with Gasteiger partial charge in [0.15, 0.2) is 16.2 Å². The van der Waals surface area contributed by atoms with Gasteiger partial charge >= 0.3 is 0 Å². The largest absolute Gasteiger partial charge is 0.493 e. The lowest BCUT2D eigenvalue weighted by molar-refractivity contribution is 0.353. The number of ether oxygens (including phenoxy) is 2. The van der Waals surface area contributed by atoms with Gasteiger partial charge in [0.1, 0.15) is 5.76 Å². The molecule has 1 heterocycles. The van der Waals surface area contributed by atoms with Crippen LogP contribution in [0.3, 0.4) is 0 Å². The normalized spacial score (nSPS) is 12.2. The second kappa shape index (κ2) is 7.33. The van der Waals surface area contributed by atoms with Crippen molar-refractivity contribution in [1.29, 1.82) is 0 Å². The molecule has 0 aliphatic carbocycles. The molecule has 6 heteroatoms. The van der Waals surface area contributed by atoms with Gasteiger partial charge < -0.3 is 19.2 Å². The first kappa shape index (κ1) is 16.4. The molecule has 114 valence electrons. The maximum absolute atomic E-state index is 5.70. The fraction of sp³-hybridized carbons (Fsp3) is 0.333. The SMILES string of the molecule is CCNC(c1ccc(Br)o1)c1cc(OC)c(OC)cc1Br. The molecule has 0 amide bonds. The van der Waals surface area contributed by atoms with Crippen LogP contribution in [0.15, 0.2) is 37.8 Å². The summed E-state index contributed by atoms with van der Waals surface area (Å²) in [6, 6.07) is 7.60. The monoisotopic (exact) mass is 417 g/mol. The summed E-state index contributed by atoms with van der Waals surface area (Å²) in [6.45, 7) is 2.86. The van der Waals surface area contributed by atoms with Gasteiger partial charge in [0.2, 0.25) is 0 Å². The van der Waals surface area contributed by atoms with E-state index < -0.39 is 0 Å². The minimum Gasteiger partial charge on any atom is -0.493 e. The molecular weight excluding hydrogens is 402 g/mol. The van der Waals surface area contributed by atoms with Crippen molar-refractivity contribution in [3.63, 3.8) is 0 Å². The Morgan fingerprint density at radius 2 is 1.81 bits per heavy atom. The minimum absolute atomic E-state index is 0.0736. The Bertz CT molecular complexity index is 613. The quantitative estimate of drug-likeness (QED) is 0.748. The molecule has 0 bridgehead atoms. The van der Waals surface area contributed by atoms with E-state index in [9.17, 15) is 0 Å². The number of nitrogens with one attached hydrogen (secondary N) is 1. The molecule has 1 atom stereocenters. The van der Waals surface area contributed by atoms with Crippen molar-refractivity contribution in [1.82, 2.24) is 5.32 Å². The molecule has 0 saturated carbocycles. The van der Waals surface area contributed by atoms with E-state index in [0.717, 1.165) is 22.3 Å². The van der Waals surface area contributed by atoms with E-state index in [1.54, 1.807) is 14.2 Å². The van der Waals surface area contributed by atoms with E-state index in [1.165, 1.54) is 0 Å². The Kier molecular flexibility index (Phi) is 5.72. The zero-order chi connectivity index (χ0) is 15.4. The Balaban J connectivity index is 2.49. The van der Waals surface area contributed by atoms with Crippen LogP contribution >= 0.6 is 31.9 Å². The standard InChI is InChI=1S/C15H17Br2NO3/c1-4-18-15(11-5-6-14(17)21-11)9-7-12(19-2)13(20-3)8-10(9)16/h5-8,15,18H,4H2,1-3H3. The number of benzene rings is 1. The van der Waals surface area contributed by atoms with Gasteiger partial charge in [0.05, 0.1) is 20.3 Å². The third-order valence-corrected chi connectivity index (χ3v) is 4.21. The zero-order valence-electron chi connectivity index (χ0n) is 12.1. The van der Waals surface area contributed by atoms with Gasteiger partial charge in [-0.3, -0.25) is 0 Å². The van der Waals surface area contributed by atoms with Crippen LogP contribution < -0.4 is 14.8 Å². The summed E-state index contributed by atoms with van der Waals surface area (Å²) >= 11 is 6.94. The maximum atomic E-state index is 5.70. The van der Waals surface area contributed by atoms with Crippen LogP contribution in [-0.2, 0) is 0 Å². The van der Waals surface area contributed by atoms with Crippen LogP contribution in [0, 0.1) is 0 Å². The number of hydrogen-bond donors (Lipinski definition) is 1. The summed E-state index contributed by atoms with van der Waals surface area (Å²) < 4.78 is 18.0. The van der Waals surface area contributed by atoms with Gasteiger partial charge in [-0.2, -0.15) is 0 Å². The molecule has 1 N–H and O–H groups in total. The highest BCUT2D eigenvalue weighted by Gasteiger charge is 2.21. The first-order valence-electron chi connectivity index (χ1n) is 6.50. The molecule has 2 rings (SSSR count). The van der Waals surface area contributed by atoms with E-state index >= 15 is 0 Å². The van der Waals surface area contributed by atoms with Crippen LogP contribution in [0.1, 0.15) is 24.3 Å². The van der Waals surface area contributed by atoms with E-state index in [4.69, 9.17) is 13.9 Å². The molecule has 0 aliphatic rings. The summed E-state index contributed by atoms with van der Waals surface area (Å²) in [5, 5.41) is 3.42. The Morgan fingerprint density at radius 1 is 1.14 bits per heavy atom. The van der Waals surface area contributed by atoms with Gasteiger partial charge in [-0.1, -0.05) is 22.9 Å². The van der Waals surface area contributed by atoms with Gasteiger partial charge in [0, 0.05) is 4.47 Å². The summed E-state index contributed by atoms with van der Waals surface area (Å²) in [5.74, 6) is 2.20. The predicted octanol–water partition coefficient (Wildman–Crippen LogP) is 4.52. The van der Waals surface area contributed by atoms with E-state index in [1.807, 2.05) is 24.3 Å². The molecule has 21 heavy (non-hydrogen) atoms. The van der Waals surface area contributed by atoms with Crippen molar-refractivity contribution in [3.8, 4) is 11.5 Å². The topological polar surface area (TPSA) is 43.6 Å². The molecule has 0 fully saturated rings. The van der Waals surface area contributed by atoms with Gasteiger partial charge in [-0.15, -0.1) is 0 Å². The number of rotatable bonds is 6. The average molecular weight is 419 g/mol. The van der Waals surface area contributed by atoms with Crippen molar-refractivity contribution in [2.24, 2.45) is 0 Å². The highest BCUT2D eigenvalue weighted by molar-refractivity contribution is 9.10. The van der Waals surface area contributed by atoms with Gasteiger partial charge in [-0.25, -0.2) is 0 Å². The van der Waals surface area contributed by atoms with Crippen molar-refractivity contribution in [2.45, 2.75) is 13.0 Å². The van der Waals surface area contributed by atoms with Crippen LogP contribution in [0.5, 0.6) is 11.5 Å². The molecule has 1 aromatic heterocycles. The third-order valence-electron chi connectivity index (χ3n) is 3.10. The number of methoxy groups -OCH3 is 2. The summed E-state index contributed by atoms with van der Waals surface area (Å²) in [4.78, 5) is 0. The fourth-order valence-electron chi connectivity index (χ4n) is 2.14. The van der Waals surface area contributed by atoms with Gasteiger partial charge in [-0.05, 0) is 52.3 Å². The van der Waals surface area contributed by atoms with Crippen LogP contribution in [0.25, 0.3) is 0 Å². The summed E-state index contributed by atoms with van der Waals surface area (Å²) in [5.41, 5.74) is 1.02. The third kappa shape index (κ3) is 3.62. The Labute approximate surface area is 141 Å². The molecule has 0 aliphatic heterocycles. The molecular formula is C15H17Br2NO3. The molecule has 1 unspecified atom stereocenters. The minimum atomic E-state index is -0.0736. The zero-order valence-corrected chi connectivity index (χ0v) is 15.2. The molecule has 2 aromatic rings. The van der Waals surface area contributed by atoms with E-state index in [0.29, 0.717) is 16.2 Å². The van der Waals surface area contributed by atoms with Crippen LogP contribution in [-0.4, -0.2) is 20.8 Å². The van der Waals surface area contributed by atoms with Gasteiger partial charge in [0.25, 0.3) is 0 Å². The first-order chi connectivity index (χ1) is 10.1. The molecule has 4 nitrogen and oxygen atoms in total. The smallest absolute Gasteiger partial charge is 0.169 e. The van der Waals surface area contributed by atoms with Crippen molar-refractivity contribution in [2.75, 3.05) is 20.8 Å². The Morgan fingerprint density at radius 3 is 2.33 bits per heavy atom. The highest BCUT2D eigenvalue weighted by Crippen LogP contribution is 2.38. The number of halogens is 2. The lowest BCUT2D eigenvalue weighted by atomic mass is 10.0. The molecule has 1 aromatic carbocycles. The molecule has 0 saturated heterocycles. The fourth-order valence-corrected chi connectivity index (χ4v) is 3.01. The van der Waals surface area contributed by atoms with E-state index in [-0.39, 0.29) is 6.04 Å². The highest BCUT2D eigenvalue weighted by atomic mass is 79.9. The Hall–Kier alpha value is -0.980. The second-order valence-electron chi connectivity index (χ2n) is 4.36. The molecule has 0 spiro atoms. The maximum Gasteiger partial charge on any atom is 0.169 e. The number of hydrogen-bond acceptors (Lipinski definition) is 4. The summed E-state index contributed by atoms with van der Waals surface area (Å²) in [7, 11) is 3.25. The number of furan rings is 1. The second-order valence-corrected chi connectivity index (χ2v) is 6.00. The molecule has 0 radical (unpaired) electrons. The van der Waals surface area contributed by atoms with Crippen molar-refractivity contribution in [3.05, 3.63) is 44.7 Å². The van der Waals surface area contributed by atoms with E-state index in [2.05, 4.69) is 44.1 Å². The lowest BCUT2D eigenvalue weighted by Gasteiger charge is -2.19. The average Bonchev–Trinajstić information content (AvgIpc) is 2.91. The van der Waals surface area contributed by atoms with Crippen molar-refractivity contribution < 1.29 is 13.9 Å². The van der Waals surface area contributed by atoms with Crippen molar-refractivity contribution >= 4 is 31.9 Å². The van der Waals surface area contributed by atoms with Crippen LogP contribution in [0.2, 0.25) is 0 Å². The van der Waals surface area contributed by atoms with Crippen LogP contribution in [0.4, 0.5) is 0 Å². The summed E-state index contributed by atoms with van der Waals surface area (Å²) in [6.07, 6.45) is 0. The lowest BCUT2D eigenvalue weighted by Crippen LogP contribution is -2.22. The predicted molar refractivity (Wildman–Crippen MR) is 89.2 cm³/mol. The first-order valence-corrected chi connectivity index (χ1v) is 8.09.